The Labute approximate surface area is 132 Å². The molecule has 0 spiro atoms. The zero-order valence-corrected chi connectivity index (χ0v) is 12.8. The molecule has 1 unspecified atom stereocenters. The lowest BCUT2D eigenvalue weighted by Crippen LogP contribution is -2.35. The molecule has 0 aromatic heterocycles. The molecule has 1 aliphatic carbocycles. The second kappa shape index (κ2) is 7.24. The first kappa shape index (κ1) is 14.8. The first-order chi connectivity index (χ1) is 10.9. The van der Waals surface area contributed by atoms with Crippen molar-refractivity contribution in [1.82, 2.24) is 5.32 Å². The van der Waals surface area contributed by atoms with Crippen molar-refractivity contribution >= 4 is 0 Å². The van der Waals surface area contributed by atoms with Gasteiger partial charge in [-0.1, -0.05) is 61.7 Å². The first-order valence-corrected chi connectivity index (χ1v) is 8.18. The molecule has 0 saturated heterocycles. The molecule has 1 fully saturated rings. The van der Waals surface area contributed by atoms with Crippen molar-refractivity contribution in [2.24, 2.45) is 0 Å². The van der Waals surface area contributed by atoms with Crippen LogP contribution in [0.2, 0.25) is 0 Å². The van der Waals surface area contributed by atoms with Gasteiger partial charge in [-0.15, -0.1) is 0 Å². The van der Waals surface area contributed by atoms with E-state index in [0.717, 1.165) is 0 Å². The number of nitrogens with one attached hydrogen (secondary N) is 1. The monoisotopic (exact) mass is 290 g/mol. The van der Waals surface area contributed by atoms with E-state index in [1.807, 2.05) is 12.1 Å². The Morgan fingerprint density at radius 2 is 1.50 bits per heavy atom. The van der Waals surface area contributed by atoms with Crippen molar-refractivity contribution in [3.8, 4) is 6.07 Å². The number of nitriles is 1. The van der Waals surface area contributed by atoms with E-state index in [-0.39, 0.29) is 6.04 Å². The van der Waals surface area contributed by atoms with Gasteiger partial charge < -0.3 is 5.32 Å². The summed E-state index contributed by atoms with van der Waals surface area (Å²) < 4.78 is 0. The summed E-state index contributed by atoms with van der Waals surface area (Å²) in [6.07, 6.45) is 6.55. The van der Waals surface area contributed by atoms with Gasteiger partial charge in [0.2, 0.25) is 0 Å². The lowest BCUT2D eigenvalue weighted by molar-refractivity contribution is 0.354. The van der Waals surface area contributed by atoms with Crippen LogP contribution in [-0.2, 0) is 0 Å². The van der Waals surface area contributed by atoms with Gasteiger partial charge in [0.25, 0.3) is 0 Å². The van der Waals surface area contributed by atoms with Crippen LogP contribution >= 0.6 is 0 Å². The average molecular weight is 290 g/mol. The number of benzene rings is 2. The molecule has 2 nitrogen and oxygen atoms in total. The molecule has 2 aromatic carbocycles. The summed E-state index contributed by atoms with van der Waals surface area (Å²) in [5, 5.41) is 12.8. The predicted octanol–water partition coefficient (Wildman–Crippen LogP) is 4.57. The van der Waals surface area contributed by atoms with Crippen LogP contribution in [-0.4, -0.2) is 6.04 Å². The highest BCUT2D eigenvalue weighted by Crippen LogP contribution is 2.26. The van der Waals surface area contributed by atoms with Gasteiger partial charge in [-0.25, -0.2) is 0 Å². The van der Waals surface area contributed by atoms with E-state index in [1.165, 1.54) is 43.2 Å². The molecule has 2 aromatic rings. The van der Waals surface area contributed by atoms with Crippen LogP contribution in [0, 0.1) is 11.3 Å². The highest BCUT2D eigenvalue weighted by atomic mass is 15.0. The van der Waals surface area contributed by atoms with Gasteiger partial charge >= 0.3 is 0 Å². The molecule has 0 amide bonds. The Hall–Kier alpha value is -2.11. The largest absolute Gasteiger partial charge is 0.303 e. The lowest BCUT2D eigenvalue weighted by Gasteiger charge is -2.29. The first-order valence-electron chi connectivity index (χ1n) is 8.18. The van der Waals surface area contributed by atoms with Gasteiger partial charge in [-0.05, 0) is 36.1 Å². The summed E-state index contributed by atoms with van der Waals surface area (Å²) in [6, 6.07) is 21.6. The summed E-state index contributed by atoms with van der Waals surface area (Å²) in [6.45, 7) is 0. The molecular weight excluding hydrogens is 268 g/mol. The van der Waals surface area contributed by atoms with E-state index in [1.54, 1.807) is 0 Å². The van der Waals surface area contributed by atoms with Gasteiger partial charge in [0.15, 0.2) is 0 Å². The maximum absolute atomic E-state index is 8.98. The van der Waals surface area contributed by atoms with Crippen LogP contribution in [0.5, 0.6) is 0 Å². The molecule has 112 valence electrons. The third kappa shape index (κ3) is 3.55. The van der Waals surface area contributed by atoms with Gasteiger partial charge in [0, 0.05) is 6.04 Å². The summed E-state index contributed by atoms with van der Waals surface area (Å²) in [5.41, 5.74) is 3.24. The van der Waals surface area contributed by atoms with Gasteiger partial charge in [-0.2, -0.15) is 5.26 Å². The third-order valence-corrected chi connectivity index (χ3v) is 4.51. The van der Waals surface area contributed by atoms with Crippen molar-refractivity contribution in [3.63, 3.8) is 0 Å². The second-order valence-electron chi connectivity index (χ2n) is 6.08. The van der Waals surface area contributed by atoms with Gasteiger partial charge in [0.1, 0.15) is 0 Å². The maximum Gasteiger partial charge on any atom is 0.0991 e. The van der Waals surface area contributed by atoms with E-state index >= 15 is 0 Å². The Bertz CT molecular complexity index is 619. The minimum absolute atomic E-state index is 0.206. The molecule has 0 aliphatic heterocycles. The van der Waals surface area contributed by atoms with Crippen LogP contribution < -0.4 is 5.32 Å². The second-order valence-corrected chi connectivity index (χ2v) is 6.08. The Balaban J connectivity index is 1.86. The molecule has 1 aliphatic rings. The summed E-state index contributed by atoms with van der Waals surface area (Å²) in [5.74, 6) is 0. The van der Waals surface area contributed by atoms with Crippen molar-refractivity contribution in [2.45, 2.75) is 44.2 Å². The Morgan fingerprint density at radius 1 is 0.864 bits per heavy atom. The molecule has 1 atom stereocenters. The van der Waals surface area contributed by atoms with E-state index in [0.29, 0.717) is 11.6 Å². The molecule has 0 bridgehead atoms. The highest BCUT2D eigenvalue weighted by molar-refractivity contribution is 5.37. The van der Waals surface area contributed by atoms with Crippen LogP contribution in [0.25, 0.3) is 0 Å². The zero-order chi connectivity index (χ0) is 15.2. The summed E-state index contributed by atoms with van der Waals surface area (Å²) in [4.78, 5) is 0. The van der Waals surface area contributed by atoms with E-state index in [9.17, 15) is 0 Å². The van der Waals surface area contributed by atoms with Crippen LogP contribution in [0.15, 0.2) is 54.6 Å². The minimum Gasteiger partial charge on any atom is -0.303 e. The van der Waals surface area contributed by atoms with Crippen LogP contribution in [0.1, 0.15) is 54.8 Å². The lowest BCUT2D eigenvalue weighted by atomic mass is 9.91. The molecular formula is C20H22N2. The number of nitrogens with zero attached hydrogens (tertiary/aromatic N) is 1. The summed E-state index contributed by atoms with van der Waals surface area (Å²) in [7, 11) is 0. The van der Waals surface area contributed by atoms with Crippen LogP contribution in [0.3, 0.4) is 0 Å². The standard InChI is InChI=1S/C20H22N2/c21-15-16-11-13-18(14-12-16)20(17-7-3-1-4-8-17)22-19-9-5-2-6-10-19/h1,3-4,7-8,11-14,19-20,22H,2,5-6,9-10H2. The topological polar surface area (TPSA) is 35.8 Å². The van der Waals surface area contributed by atoms with Crippen molar-refractivity contribution < 1.29 is 0 Å². The van der Waals surface area contributed by atoms with Gasteiger partial charge in [-0.3, -0.25) is 0 Å². The number of rotatable bonds is 4. The van der Waals surface area contributed by atoms with E-state index in [4.69, 9.17) is 5.26 Å². The molecule has 22 heavy (non-hydrogen) atoms. The fourth-order valence-corrected chi connectivity index (χ4v) is 3.29. The van der Waals surface area contributed by atoms with Crippen molar-refractivity contribution in [1.29, 1.82) is 5.26 Å². The zero-order valence-electron chi connectivity index (χ0n) is 12.8. The van der Waals surface area contributed by atoms with Crippen molar-refractivity contribution in [2.75, 3.05) is 0 Å². The quantitative estimate of drug-likeness (QED) is 0.895. The molecule has 0 radical (unpaired) electrons. The third-order valence-electron chi connectivity index (χ3n) is 4.51. The molecule has 0 heterocycles. The molecule has 1 saturated carbocycles. The SMILES string of the molecule is N#Cc1ccc(C(NC2CCCCC2)c2ccccc2)cc1. The van der Waals surface area contributed by atoms with E-state index in [2.05, 4.69) is 53.9 Å². The summed E-state index contributed by atoms with van der Waals surface area (Å²) >= 11 is 0. The van der Waals surface area contributed by atoms with E-state index < -0.39 is 0 Å². The Kier molecular flexibility index (Phi) is 4.88. The van der Waals surface area contributed by atoms with Crippen LogP contribution in [0.4, 0.5) is 0 Å². The normalized spacial score (nSPS) is 16.9. The fourth-order valence-electron chi connectivity index (χ4n) is 3.29. The minimum atomic E-state index is 0.206. The average Bonchev–Trinajstić information content (AvgIpc) is 2.61. The fraction of sp³-hybridized carbons (Fsp3) is 0.350. The van der Waals surface area contributed by atoms with Crippen molar-refractivity contribution in [3.05, 3.63) is 71.3 Å². The Morgan fingerprint density at radius 3 is 2.14 bits per heavy atom. The highest BCUT2D eigenvalue weighted by Gasteiger charge is 2.20. The molecule has 2 heteroatoms. The number of hydrogen-bond donors (Lipinski definition) is 1. The molecule has 3 rings (SSSR count). The predicted molar refractivity (Wildman–Crippen MR) is 89.5 cm³/mol. The molecule has 1 N–H and O–H groups in total. The maximum atomic E-state index is 8.98. The van der Waals surface area contributed by atoms with Gasteiger partial charge in [0.05, 0.1) is 17.7 Å². The number of hydrogen-bond acceptors (Lipinski definition) is 2. The smallest absolute Gasteiger partial charge is 0.0991 e.